The molecule has 7 heteroatoms. The van der Waals surface area contributed by atoms with Crippen LogP contribution in [0.4, 0.5) is 0 Å². The Bertz CT molecular complexity index is 864. The Hall–Kier alpha value is -2.25. The van der Waals surface area contributed by atoms with Crippen molar-refractivity contribution in [3.05, 3.63) is 41.3 Å². The van der Waals surface area contributed by atoms with Crippen LogP contribution in [0.3, 0.4) is 0 Å². The zero-order chi connectivity index (χ0) is 19.8. The zero-order valence-electron chi connectivity index (χ0n) is 17.3. The molecule has 3 aliphatic rings. The molecule has 2 aliphatic heterocycles. The Morgan fingerprint density at radius 3 is 2.66 bits per heavy atom. The summed E-state index contributed by atoms with van der Waals surface area (Å²) in [5.41, 5.74) is 3.48. The molecule has 0 unspecified atom stereocenters. The fourth-order valence-corrected chi connectivity index (χ4v) is 4.60. The average molecular weight is 395 g/mol. The van der Waals surface area contributed by atoms with Crippen LogP contribution in [0.15, 0.2) is 24.5 Å². The van der Waals surface area contributed by atoms with Crippen molar-refractivity contribution in [3.8, 4) is 5.82 Å². The monoisotopic (exact) mass is 394 g/mol. The van der Waals surface area contributed by atoms with Crippen molar-refractivity contribution in [2.75, 3.05) is 39.3 Å². The van der Waals surface area contributed by atoms with Gasteiger partial charge in [0.05, 0.1) is 12.2 Å². The lowest BCUT2D eigenvalue weighted by atomic mass is 9.91. The predicted octanol–water partition coefficient (Wildman–Crippen LogP) is 1.63. The van der Waals surface area contributed by atoms with E-state index in [0.717, 1.165) is 68.8 Å². The Labute approximate surface area is 172 Å². The normalized spacial score (nSPS) is 21.1. The van der Waals surface area contributed by atoms with Crippen LogP contribution in [0.2, 0.25) is 0 Å². The highest BCUT2D eigenvalue weighted by atomic mass is 16.2. The summed E-state index contributed by atoms with van der Waals surface area (Å²) in [6.45, 7) is 8.06. The predicted molar refractivity (Wildman–Crippen MR) is 111 cm³/mol. The van der Waals surface area contributed by atoms with Gasteiger partial charge in [0.25, 0.3) is 0 Å². The van der Waals surface area contributed by atoms with Crippen LogP contribution in [0.1, 0.15) is 36.1 Å². The first-order valence-electron chi connectivity index (χ1n) is 10.9. The van der Waals surface area contributed by atoms with E-state index >= 15 is 0 Å². The third-order valence-electron chi connectivity index (χ3n) is 6.68. The van der Waals surface area contributed by atoms with Crippen molar-refractivity contribution in [2.24, 2.45) is 0 Å². The molecule has 1 aliphatic carbocycles. The van der Waals surface area contributed by atoms with Crippen LogP contribution in [0.25, 0.3) is 5.82 Å². The smallest absolute Gasteiger partial charge is 0.236 e. The van der Waals surface area contributed by atoms with Gasteiger partial charge in [0.1, 0.15) is 0 Å². The topological polar surface area (TPSA) is 57.5 Å². The molecule has 0 radical (unpaired) electrons. The van der Waals surface area contributed by atoms with Crippen molar-refractivity contribution in [1.29, 1.82) is 0 Å². The highest BCUT2D eigenvalue weighted by Crippen LogP contribution is 2.25. The molecule has 2 aromatic heterocycles. The van der Waals surface area contributed by atoms with Crippen LogP contribution in [0, 0.1) is 6.92 Å². The summed E-state index contributed by atoms with van der Waals surface area (Å²) >= 11 is 0. The molecule has 1 saturated heterocycles. The van der Waals surface area contributed by atoms with Crippen molar-refractivity contribution in [1.82, 2.24) is 29.5 Å². The second kappa shape index (κ2) is 7.88. The third kappa shape index (κ3) is 3.94. The standard InChI is InChI=1S/C22H30N6O/c1-17-5-6-21(23-13-17)28-15-18-14-25(8-7-20(18)24-28)16-22(29)27-11-9-26(10-12-27)19-3-2-4-19/h5-6,13,15,19H,2-4,7-12,14,16H2,1H3. The van der Waals surface area contributed by atoms with E-state index in [1.54, 1.807) is 0 Å². The Balaban J connectivity index is 1.17. The molecule has 29 heavy (non-hydrogen) atoms. The molecular weight excluding hydrogens is 364 g/mol. The molecule has 5 rings (SSSR count). The molecule has 0 N–H and O–H groups in total. The minimum absolute atomic E-state index is 0.273. The van der Waals surface area contributed by atoms with E-state index in [4.69, 9.17) is 5.10 Å². The Kier molecular flexibility index (Phi) is 5.09. The number of aryl methyl sites for hydroxylation is 1. The second-order valence-electron chi connectivity index (χ2n) is 8.70. The summed E-state index contributed by atoms with van der Waals surface area (Å²) < 4.78 is 1.87. The van der Waals surface area contributed by atoms with Crippen LogP contribution >= 0.6 is 0 Å². The van der Waals surface area contributed by atoms with E-state index in [2.05, 4.69) is 31.9 Å². The van der Waals surface area contributed by atoms with Crippen molar-refractivity contribution in [3.63, 3.8) is 0 Å². The first-order valence-corrected chi connectivity index (χ1v) is 10.9. The lowest BCUT2D eigenvalue weighted by Crippen LogP contribution is -2.55. The maximum absolute atomic E-state index is 12.8. The van der Waals surface area contributed by atoms with E-state index in [0.29, 0.717) is 6.54 Å². The first-order chi connectivity index (χ1) is 14.2. The van der Waals surface area contributed by atoms with E-state index in [9.17, 15) is 4.79 Å². The molecule has 2 fully saturated rings. The van der Waals surface area contributed by atoms with E-state index in [-0.39, 0.29) is 5.91 Å². The van der Waals surface area contributed by atoms with Crippen LogP contribution in [-0.2, 0) is 17.8 Å². The number of pyridine rings is 1. The number of nitrogens with zero attached hydrogens (tertiary/aromatic N) is 6. The number of hydrogen-bond acceptors (Lipinski definition) is 5. The first kappa shape index (κ1) is 18.8. The highest BCUT2D eigenvalue weighted by Gasteiger charge is 2.30. The number of amides is 1. The maximum Gasteiger partial charge on any atom is 0.236 e. The van der Waals surface area contributed by atoms with Gasteiger partial charge in [0, 0.05) is 69.7 Å². The van der Waals surface area contributed by atoms with Crippen molar-refractivity contribution < 1.29 is 4.79 Å². The Morgan fingerprint density at radius 2 is 1.97 bits per heavy atom. The van der Waals surface area contributed by atoms with Crippen molar-refractivity contribution in [2.45, 2.75) is 45.2 Å². The molecule has 4 heterocycles. The summed E-state index contributed by atoms with van der Waals surface area (Å²) in [6, 6.07) is 4.84. The van der Waals surface area contributed by atoms with Gasteiger partial charge in [-0.2, -0.15) is 5.10 Å². The van der Waals surface area contributed by atoms with E-state index < -0.39 is 0 Å². The van der Waals surface area contributed by atoms with Gasteiger partial charge >= 0.3 is 0 Å². The Morgan fingerprint density at radius 1 is 1.14 bits per heavy atom. The number of carbonyl (C=O) groups excluding carboxylic acids is 1. The van der Waals surface area contributed by atoms with Gasteiger partial charge in [-0.1, -0.05) is 12.5 Å². The van der Waals surface area contributed by atoms with Gasteiger partial charge < -0.3 is 4.90 Å². The summed E-state index contributed by atoms with van der Waals surface area (Å²) in [5, 5.41) is 4.72. The summed E-state index contributed by atoms with van der Waals surface area (Å²) in [5.74, 6) is 1.12. The van der Waals surface area contributed by atoms with E-state index in [1.165, 1.54) is 24.8 Å². The number of hydrogen-bond donors (Lipinski definition) is 0. The molecule has 2 aromatic rings. The summed E-state index contributed by atoms with van der Waals surface area (Å²) in [6.07, 6.45) is 8.88. The lowest BCUT2D eigenvalue weighted by molar-refractivity contribution is -0.135. The summed E-state index contributed by atoms with van der Waals surface area (Å²) in [7, 11) is 0. The molecule has 0 bridgehead atoms. The van der Waals surface area contributed by atoms with Gasteiger partial charge in [-0.25, -0.2) is 9.67 Å². The number of piperazine rings is 1. The quantitative estimate of drug-likeness (QED) is 0.789. The average Bonchev–Trinajstić information content (AvgIpc) is 3.11. The maximum atomic E-state index is 12.8. The number of rotatable bonds is 4. The van der Waals surface area contributed by atoms with Gasteiger partial charge in [0.15, 0.2) is 5.82 Å². The van der Waals surface area contributed by atoms with Crippen molar-refractivity contribution >= 4 is 5.91 Å². The van der Waals surface area contributed by atoms with Gasteiger partial charge in [0.2, 0.25) is 5.91 Å². The molecule has 7 nitrogen and oxygen atoms in total. The molecule has 1 saturated carbocycles. The fraction of sp³-hybridized carbons (Fsp3) is 0.591. The highest BCUT2D eigenvalue weighted by molar-refractivity contribution is 5.78. The van der Waals surface area contributed by atoms with Crippen LogP contribution in [0.5, 0.6) is 0 Å². The molecular formula is C22H30N6O. The second-order valence-corrected chi connectivity index (χ2v) is 8.70. The third-order valence-corrected chi connectivity index (χ3v) is 6.68. The number of aromatic nitrogens is 3. The minimum atomic E-state index is 0.273. The molecule has 0 aromatic carbocycles. The zero-order valence-corrected chi connectivity index (χ0v) is 17.3. The van der Waals surface area contributed by atoms with Crippen LogP contribution in [-0.4, -0.2) is 80.7 Å². The molecule has 154 valence electrons. The summed E-state index contributed by atoms with van der Waals surface area (Å²) in [4.78, 5) is 24.2. The number of carbonyl (C=O) groups is 1. The molecule has 0 atom stereocenters. The van der Waals surface area contributed by atoms with Crippen LogP contribution < -0.4 is 0 Å². The van der Waals surface area contributed by atoms with Gasteiger partial charge in [-0.15, -0.1) is 0 Å². The van der Waals surface area contributed by atoms with E-state index in [1.807, 2.05) is 23.9 Å². The van der Waals surface area contributed by atoms with Gasteiger partial charge in [-0.3, -0.25) is 14.6 Å². The SMILES string of the molecule is Cc1ccc(-n2cc3c(n2)CCN(CC(=O)N2CCN(C4CCC4)CC2)C3)nc1. The minimum Gasteiger partial charge on any atom is -0.339 e. The lowest BCUT2D eigenvalue weighted by Gasteiger charge is -2.43. The largest absolute Gasteiger partial charge is 0.339 e. The van der Waals surface area contributed by atoms with Gasteiger partial charge in [-0.05, 0) is 31.4 Å². The molecule has 1 amide bonds. The number of fused-ring (bicyclic) bond motifs is 1. The molecule has 0 spiro atoms. The fourth-order valence-electron chi connectivity index (χ4n) is 4.60.